The number of fused-ring (bicyclic) bond motifs is 1. The lowest BCUT2D eigenvalue weighted by Crippen LogP contribution is -2.24. The zero-order valence-electron chi connectivity index (χ0n) is 22.6. The number of ether oxygens (including phenoxy) is 2. The van der Waals surface area contributed by atoms with Crippen LogP contribution in [0.5, 0.6) is 11.5 Å². The van der Waals surface area contributed by atoms with Crippen molar-refractivity contribution in [1.82, 2.24) is 15.0 Å². The summed E-state index contributed by atoms with van der Waals surface area (Å²) < 4.78 is 12.9. The van der Waals surface area contributed by atoms with Crippen LogP contribution < -0.4 is 20.5 Å². The normalized spacial score (nSPS) is 11.1. The number of nitrogens with zero attached hydrogens (tertiary/aromatic N) is 3. The second kappa shape index (κ2) is 13.0. The van der Waals surface area contributed by atoms with Gasteiger partial charge in [0.25, 0.3) is 11.5 Å². The van der Waals surface area contributed by atoms with Gasteiger partial charge in [0.15, 0.2) is 16.7 Å². The molecule has 0 aliphatic rings. The van der Waals surface area contributed by atoms with E-state index in [2.05, 4.69) is 15.5 Å². The van der Waals surface area contributed by atoms with Gasteiger partial charge in [-0.25, -0.2) is 10.4 Å². The predicted molar refractivity (Wildman–Crippen MR) is 162 cm³/mol. The molecule has 0 unspecified atom stereocenters. The maximum absolute atomic E-state index is 13.4. The summed E-state index contributed by atoms with van der Waals surface area (Å²) >= 11 is 1.17. The number of carbonyl (C=O) groups is 1. The van der Waals surface area contributed by atoms with Crippen molar-refractivity contribution < 1.29 is 14.3 Å². The summed E-state index contributed by atoms with van der Waals surface area (Å²) in [5, 5.41) is 5.02. The van der Waals surface area contributed by atoms with E-state index in [0.717, 1.165) is 16.7 Å². The summed E-state index contributed by atoms with van der Waals surface area (Å²) in [6.45, 7) is 2.40. The molecule has 1 heterocycles. The predicted octanol–water partition coefficient (Wildman–Crippen LogP) is 5.52. The van der Waals surface area contributed by atoms with Gasteiger partial charge >= 0.3 is 0 Å². The lowest BCUT2D eigenvalue weighted by atomic mass is 10.2. The maximum Gasteiger partial charge on any atom is 0.266 e. The third kappa shape index (κ3) is 6.82. The average molecular weight is 565 g/mol. The van der Waals surface area contributed by atoms with Gasteiger partial charge in [0, 0.05) is 0 Å². The molecule has 0 radical (unpaired) electrons. The zero-order chi connectivity index (χ0) is 28.6. The van der Waals surface area contributed by atoms with Gasteiger partial charge in [-0.2, -0.15) is 5.10 Å². The second-order valence-corrected chi connectivity index (χ2v) is 10.1. The fourth-order valence-electron chi connectivity index (χ4n) is 4.09. The Bertz CT molecular complexity index is 1750. The van der Waals surface area contributed by atoms with Gasteiger partial charge in [-0.3, -0.25) is 14.2 Å². The SMILES string of the molecule is COc1cc(C=NNC(=O)CSc2nc3ccccc3c(=O)n2-c2ccc(C)cc2)ccc1OCc1ccccc1. The third-order valence-electron chi connectivity index (χ3n) is 6.20. The largest absolute Gasteiger partial charge is 0.493 e. The molecular formula is C32H28N4O4S. The highest BCUT2D eigenvalue weighted by molar-refractivity contribution is 7.99. The summed E-state index contributed by atoms with van der Waals surface area (Å²) in [6, 6.07) is 30.1. The number of carbonyl (C=O) groups excluding carboxylic acids is 1. The van der Waals surface area contributed by atoms with Crippen LogP contribution in [0.1, 0.15) is 16.7 Å². The number of aromatic nitrogens is 2. The monoisotopic (exact) mass is 564 g/mol. The summed E-state index contributed by atoms with van der Waals surface area (Å²) in [4.78, 5) is 30.7. The van der Waals surface area contributed by atoms with E-state index < -0.39 is 0 Å². The van der Waals surface area contributed by atoms with E-state index in [1.807, 2.05) is 79.7 Å². The number of amides is 1. The lowest BCUT2D eigenvalue weighted by Gasteiger charge is -2.13. The summed E-state index contributed by atoms with van der Waals surface area (Å²) in [5.41, 5.74) is 6.47. The zero-order valence-corrected chi connectivity index (χ0v) is 23.4. The maximum atomic E-state index is 13.4. The van der Waals surface area contributed by atoms with Crippen LogP contribution in [-0.4, -0.2) is 34.5 Å². The van der Waals surface area contributed by atoms with Gasteiger partial charge in [-0.15, -0.1) is 0 Å². The van der Waals surface area contributed by atoms with Crippen LogP contribution in [0.2, 0.25) is 0 Å². The van der Waals surface area contributed by atoms with E-state index in [9.17, 15) is 9.59 Å². The van der Waals surface area contributed by atoms with Gasteiger partial charge < -0.3 is 9.47 Å². The quantitative estimate of drug-likeness (QED) is 0.104. The highest BCUT2D eigenvalue weighted by Gasteiger charge is 2.15. The number of thioether (sulfide) groups is 1. The van der Waals surface area contributed by atoms with Gasteiger partial charge in [-0.1, -0.05) is 71.9 Å². The van der Waals surface area contributed by atoms with Crippen LogP contribution >= 0.6 is 11.8 Å². The Hall–Kier alpha value is -4.89. The second-order valence-electron chi connectivity index (χ2n) is 9.15. The van der Waals surface area contributed by atoms with Gasteiger partial charge in [-0.05, 0) is 60.5 Å². The minimum Gasteiger partial charge on any atom is -0.493 e. The summed E-state index contributed by atoms with van der Waals surface area (Å²) in [5.74, 6) is 0.849. The number of nitrogens with one attached hydrogen (secondary N) is 1. The molecule has 8 nitrogen and oxygen atoms in total. The molecule has 0 aliphatic heterocycles. The van der Waals surface area contributed by atoms with E-state index >= 15 is 0 Å². The molecule has 0 saturated carbocycles. The van der Waals surface area contributed by atoms with Crippen LogP contribution in [-0.2, 0) is 11.4 Å². The Labute approximate surface area is 241 Å². The number of methoxy groups -OCH3 is 1. The Morgan fingerprint density at radius 2 is 1.73 bits per heavy atom. The minimum atomic E-state index is -0.334. The lowest BCUT2D eigenvalue weighted by molar-refractivity contribution is -0.118. The Morgan fingerprint density at radius 1 is 0.976 bits per heavy atom. The molecule has 1 aromatic heterocycles. The molecule has 1 N–H and O–H groups in total. The molecule has 5 aromatic rings. The van der Waals surface area contributed by atoms with Crippen molar-refractivity contribution in [2.24, 2.45) is 5.10 Å². The fourth-order valence-corrected chi connectivity index (χ4v) is 4.90. The first-order valence-corrected chi connectivity index (χ1v) is 13.9. The van der Waals surface area contributed by atoms with E-state index in [1.165, 1.54) is 22.5 Å². The molecule has 4 aromatic carbocycles. The molecular weight excluding hydrogens is 536 g/mol. The standard InChI is InChI=1S/C32H28N4O4S/c1-22-12-15-25(16-13-22)36-31(38)26-10-6-7-11-27(26)34-32(36)41-21-30(37)35-33-19-24-14-17-28(29(18-24)39-2)40-20-23-8-4-3-5-9-23/h3-19H,20-21H2,1-2H3,(H,35,37). The van der Waals surface area contributed by atoms with E-state index in [4.69, 9.17) is 9.47 Å². The first-order valence-electron chi connectivity index (χ1n) is 12.9. The van der Waals surface area contributed by atoms with Crippen molar-refractivity contribution in [1.29, 1.82) is 0 Å². The van der Waals surface area contributed by atoms with Crippen molar-refractivity contribution >= 4 is 34.8 Å². The Morgan fingerprint density at radius 3 is 2.51 bits per heavy atom. The fraction of sp³-hybridized carbons (Fsp3) is 0.125. The molecule has 0 atom stereocenters. The number of hydrogen-bond donors (Lipinski definition) is 1. The van der Waals surface area contributed by atoms with Crippen molar-refractivity contribution in [2.45, 2.75) is 18.7 Å². The smallest absolute Gasteiger partial charge is 0.266 e. The van der Waals surface area contributed by atoms with Crippen LogP contribution in [0.15, 0.2) is 112 Å². The minimum absolute atomic E-state index is 0.0174. The number of benzene rings is 4. The number of hydrogen-bond acceptors (Lipinski definition) is 7. The van der Waals surface area contributed by atoms with E-state index in [1.54, 1.807) is 31.4 Å². The highest BCUT2D eigenvalue weighted by atomic mass is 32.2. The van der Waals surface area contributed by atoms with Crippen molar-refractivity contribution in [3.05, 3.63) is 124 Å². The highest BCUT2D eigenvalue weighted by Crippen LogP contribution is 2.28. The van der Waals surface area contributed by atoms with Crippen molar-refractivity contribution in [3.8, 4) is 17.2 Å². The topological polar surface area (TPSA) is 94.8 Å². The molecule has 0 aliphatic carbocycles. The van der Waals surface area contributed by atoms with E-state index in [-0.39, 0.29) is 17.2 Å². The van der Waals surface area contributed by atoms with Gasteiger partial charge in [0.1, 0.15) is 6.61 Å². The van der Waals surface area contributed by atoms with Crippen LogP contribution in [0.3, 0.4) is 0 Å². The first-order chi connectivity index (χ1) is 20.0. The molecule has 206 valence electrons. The van der Waals surface area contributed by atoms with E-state index in [0.29, 0.717) is 39.9 Å². The third-order valence-corrected chi connectivity index (χ3v) is 7.14. The van der Waals surface area contributed by atoms with Gasteiger partial charge in [0.2, 0.25) is 0 Å². The summed E-state index contributed by atoms with van der Waals surface area (Å²) in [7, 11) is 1.57. The number of aryl methyl sites for hydroxylation is 1. The van der Waals surface area contributed by atoms with Crippen LogP contribution in [0.25, 0.3) is 16.6 Å². The number of hydrazone groups is 1. The molecule has 0 spiro atoms. The number of rotatable bonds is 10. The summed E-state index contributed by atoms with van der Waals surface area (Å²) in [6.07, 6.45) is 1.53. The molecule has 9 heteroatoms. The molecule has 0 fully saturated rings. The van der Waals surface area contributed by atoms with Crippen molar-refractivity contribution in [2.75, 3.05) is 12.9 Å². The molecule has 5 rings (SSSR count). The van der Waals surface area contributed by atoms with Crippen molar-refractivity contribution in [3.63, 3.8) is 0 Å². The Kier molecular flexibility index (Phi) is 8.76. The molecule has 0 bridgehead atoms. The molecule has 1 amide bonds. The Balaban J connectivity index is 1.25. The van der Waals surface area contributed by atoms with Crippen LogP contribution in [0.4, 0.5) is 0 Å². The number of para-hydroxylation sites is 1. The molecule has 41 heavy (non-hydrogen) atoms. The van der Waals surface area contributed by atoms with Crippen LogP contribution in [0, 0.1) is 6.92 Å². The van der Waals surface area contributed by atoms with Gasteiger partial charge in [0.05, 0.1) is 35.7 Å². The first kappa shape index (κ1) is 27.7. The average Bonchev–Trinajstić information content (AvgIpc) is 3.00. The molecule has 0 saturated heterocycles.